The first-order valence-electron chi connectivity index (χ1n) is 3.13. The van der Waals surface area contributed by atoms with Crippen molar-refractivity contribution in [2.24, 2.45) is 5.92 Å². The maximum Gasteiger partial charge on any atom is 0.303 e. The molecule has 0 amide bonds. The van der Waals surface area contributed by atoms with Gasteiger partial charge in [0.15, 0.2) is 0 Å². The fraction of sp³-hybridized carbons (Fsp3) is 0.833. The molecule has 0 heterocycles. The van der Waals surface area contributed by atoms with E-state index in [1.54, 1.807) is 0 Å². The molecule has 0 radical (unpaired) electrons. The van der Waals surface area contributed by atoms with E-state index >= 15 is 0 Å². The molecule has 2 atom stereocenters. The minimum Gasteiger partial charge on any atom is -0.481 e. The van der Waals surface area contributed by atoms with Gasteiger partial charge in [-0.3, -0.25) is 4.79 Å². The predicted octanol–water partition coefficient (Wildman–Crippen LogP) is 0.0690. The Balaban J connectivity index is 2.12. The van der Waals surface area contributed by atoms with Crippen LogP contribution in [-0.2, 0) is 4.79 Å². The van der Waals surface area contributed by atoms with Crippen LogP contribution in [0.25, 0.3) is 0 Å². The van der Waals surface area contributed by atoms with Crippen LogP contribution in [-0.4, -0.2) is 24.2 Å². The standard InChI is InChI=1S/C6H11NO2/c1-7-5-2-4(5)3-6(8)9/h4-5,7H,2-3H2,1H3,(H,8,9)/t4-,5+/m1/s1. The highest BCUT2D eigenvalue weighted by molar-refractivity contribution is 5.67. The summed E-state index contributed by atoms with van der Waals surface area (Å²) in [5, 5.41) is 11.3. The van der Waals surface area contributed by atoms with Crippen molar-refractivity contribution in [1.29, 1.82) is 0 Å². The summed E-state index contributed by atoms with van der Waals surface area (Å²) in [6.07, 6.45) is 1.36. The summed E-state index contributed by atoms with van der Waals surface area (Å²) in [4.78, 5) is 10.1. The molecule has 9 heavy (non-hydrogen) atoms. The van der Waals surface area contributed by atoms with Gasteiger partial charge in [-0.15, -0.1) is 0 Å². The first-order chi connectivity index (χ1) is 4.24. The maximum absolute atomic E-state index is 10.1. The van der Waals surface area contributed by atoms with Crippen molar-refractivity contribution in [2.45, 2.75) is 18.9 Å². The second-order valence-electron chi connectivity index (χ2n) is 2.49. The molecule has 52 valence electrons. The van der Waals surface area contributed by atoms with Crippen molar-refractivity contribution < 1.29 is 9.90 Å². The van der Waals surface area contributed by atoms with Gasteiger partial charge in [-0.25, -0.2) is 0 Å². The van der Waals surface area contributed by atoms with Crippen LogP contribution in [0, 0.1) is 5.92 Å². The summed E-state index contributed by atoms with van der Waals surface area (Å²) in [6, 6.07) is 0.473. The van der Waals surface area contributed by atoms with Crippen LogP contribution < -0.4 is 5.32 Å². The lowest BCUT2D eigenvalue weighted by molar-refractivity contribution is -0.137. The van der Waals surface area contributed by atoms with E-state index in [0.717, 1.165) is 6.42 Å². The molecule has 0 saturated heterocycles. The van der Waals surface area contributed by atoms with Gasteiger partial charge in [-0.1, -0.05) is 0 Å². The average Bonchev–Trinajstić information content (AvgIpc) is 2.45. The Bertz CT molecular complexity index is 124. The van der Waals surface area contributed by atoms with E-state index < -0.39 is 5.97 Å². The highest BCUT2D eigenvalue weighted by Crippen LogP contribution is 2.32. The quantitative estimate of drug-likeness (QED) is 0.567. The molecule has 1 aliphatic carbocycles. The van der Waals surface area contributed by atoms with Crippen molar-refractivity contribution in [3.63, 3.8) is 0 Å². The van der Waals surface area contributed by atoms with Gasteiger partial charge in [-0.05, 0) is 19.4 Å². The second kappa shape index (κ2) is 2.35. The molecule has 0 unspecified atom stereocenters. The lowest BCUT2D eigenvalue weighted by Gasteiger charge is -1.91. The molecule has 3 heteroatoms. The van der Waals surface area contributed by atoms with Gasteiger partial charge >= 0.3 is 5.97 Å². The molecular weight excluding hydrogens is 118 g/mol. The van der Waals surface area contributed by atoms with Gasteiger partial charge in [0, 0.05) is 12.5 Å². The number of hydrogen-bond donors (Lipinski definition) is 2. The topological polar surface area (TPSA) is 49.3 Å². The lowest BCUT2D eigenvalue weighted by atomic mass is 10.3. The number of aliphatic carboxylic acids is 1. The zero-order valence-corrected chi connectivity index (χ0v) is 5.42. The third-order valence-electron chi connectivity index (χ3n) is 1.73. The number of carboxylic acids is 1. The Labute approximate surface area is 54.1 Å². The third kappa shape index (κ3) is 1.68. The minimum atomic E-state index is -0.683. The first-order valence-corrected chi connectivity index (χ1v) is 3.13. The fourth-order valence-electron chi connectivity index (χ4n) is 1.05. The first kappa shape index (κ1) is 6.55. The monoisotopic (exact) mass is 129 g/mol. The molecule has 1 saturated carbocycles. The molecule has 0 aromatic rings. The Morgan fingerprint density at radius 2 is 2.56 bits per heavy atom. The number of hydrogen-bond acceptors (Lipinski definition) is 2. The Hall–Kier alpha value is -0.570. The summed E-state index contributed by atoms with van der Waals surface area (Å²) in [7, 11) is 1.87. The number of carboxylic acid groups (broad SMARTS) is 1. The van der Waals surface area contributed by atoms with E-state index in [9.17, 15) is 4.79 Å². The highest BCUT2D eigenvalue weighted by Gasteiger charge is 2.36. The number of rotatable bonds is 3. The van der Waals surface area contributed by atoms with E-state index in [1.165, 1.54) is 0 Å². The predicted molar refractivity (Wildman–Crippen MR) is 33.2 cm³/mol. The van der Waals surface area contributed by atoms with Crippen molar-refractivity contribution in [3.8, 4) is 0 Å². The van der Waals surface area contributed by atoms with Crippen LogP contribution in [0.5, 0.6) is 0 Å². The van der Waals surface area contributed by atoms with E-state index in [1.807, 2.05) is 7.05 Å². The van der Waals surface area contributed by atoms with E-state index in [-0.39, 0.29) is 0 Å². The van der Waals surface area contributed by atoms with Gasteiger partial charge in [0.25, 0.3) is 0 Å². The molecule has 0 spiro atoms. The Morgan fingerprint density at radius 3 is 2.89 bits per heavy atom. The third-order valence-corrected chi connectivity index (χ3v) is 1.73. The van der Waals surface area contributed by atoms with Gasteiger partial charge in [0.1, 0.15) is 0 Å². The molecule has 0 aromatic carbocycles. The molecule has 1 fully saturated rings. The van der Waals surface area contributed by atoms with Crippen LogP contribution in [0.15, 0.2) is 0 Å². The fourth-order valence-corrected chi connectivity index (χ4v) is 1.05. The SMILES string of the molecule is CN[C@H]1C[C@@H]1CC(=O)O. The van der Waals surface area contributed by atoms with Gasteiger partial charge in [0.05, 0.1) is 0 Å². The van der Waals surface area contributed by atoms with E-state index in [0.29, 0.717) is 18.4 Å². The van der Waals surface area contributed by atoms with Crippen LogP contribution in [0.4, 0.5) is 0 Å². The van der Waals surface area contributed by atoms with Crippen molar-refractivity contribution in [3.05, 3.63) is 0 Å². The summed E-state index contributed by atoms with van der Waals surface area (Å²) in [5.41, 5.74) is 0. The summed E-state index contributed by atoms with van der Waals surface area (Å²) < 4.78 is 0. The zero-order chi connectivity index (χ0) is 6.85. The largest absolute Gasteiger partial charge is 0.481 e. The van der Waals surface area contributed by atoms with Crippen LogP contribution in [0.1, 0.15) is 12.8 Å². The highest BCUT2D eigenvalue weighted by atomic mass is 16.4. The average molecular weight is 129 g/mol. The maximum atomic E-state index is 10.1. The van der Waals surface area contributed by atoms with Gasteiger partial charge in [0.2, 0.25) is 0 Å². The van der Waals surface area contributed by atoms with Gasteiger partial charge in [-0.2, -0.15) is 0 Å². The molecular formula is C6H11NO2. The smallest absolute Gasteiger partial charge is 0.303 e. The molecule has 2 N–H and O–H groups in total. The molecule has 1 aliphatic rings. The Kier molecular flexibility index (Phi) is 1.71. The number of nitrogens with one attached hydrogen (secondary N) is 1. The normalized spacial score (nSPS) is 32.1. The molecule has 0 aliphatic heterocycles. The second-order valence-corrected chi connectivity index (χ2v) is 2.49. The minimum absolute atomic E-state index is 0.325. The van der Waals surface area contributed by atoms with Crippen molar-refractivity contribution in [1.82, 2.24) is 5.32 Å². The van der Waals surface area contributed by atoms with E-state index in [4.69, 9.17) is 5.11 Å². The molecule has 1 rings (SSSR count). The van der Waals surface area contributed by atoms with Crippen molar-refractivity contribution in [2.75, 3.05) is 7.05 Å². The summed E-state index contributed by atoms with van der Waals surface area (Å²) in [6.45, 7) is 0. The van der Waals surface area contributed by atoms with Crippen LogP contribution in [0.3, 0.4) is 0 Å². The van der Waals surface area contributed by atoms with Crippen molar-refractivity contribution >= 4 is 5.97 Å². The van der Waals surface area contributed by atoms with E-state index in [2.05, 4.69) is 5.32 Å². The summed E-state index contributed by atoms with van der Waals surface area (Å²) in [5.74, 6) is -0.287. The summed E-state index contributed by atoms with van der Waals surface area (Å²) >= 11 is 0. The lowest BCUT2D eigenvalue weighted by Crippen LogP contribution is -2.12. The van der Waals surface area contributed by atoms with Crippen LogP contribution in [0.2, 0.25) is 0 Å². The zero-order valence-electron chi connectivity index (χ0n) is 5.42. The molecule has 0 bridgehead atoms. The van der Waals surface area contributed by atoms with Gasteiger partial charge < -0.3 is 10.4 Å². The van der Waals surface area contributed by atoms with Crippen LogP contribution >= 0.6 is 0 Å². The Morgan fingerprint density at radius 1 is 1.89 bits per heavy atom. The molecule has 3 nitrogen and oxygen atoms in total. The molecule has 0 aromatic heterocycles. The number of carbonyl (C=O) groups is 1.